The lowest BCUT2D eigenvalue weighted by Gasteiger charge is -2.14. The SMILES string of the molecule is CNc1c2c(nc3c(OC)ccc(Cl)c13)CCC2. The van der Waals surface area contributed by atoms with Crippen LogP contribution in [0.3, 0.4) is 0 Å². The van der Waals surface area contributed by atoms with Gasteiger partial charge in [-0.25, -0.2) is 4.98 Å². The van der Waals surface area contributed by atoms with E-state index in [0.29, 0.717) is 0 Å². The van der Waals surface area contributed by atoms with Gasteiger partial charge in [0.1, 0.15) is 11.3 Å². The average molecular weight is 263 g/mol. The maximum Gasteiger partial charge on any atom is 0.145 e. The highest BCUT2D eigenvalue weighted by molar-refractivity contribution is 6.36. The largest absolute Gasteiger partial charge is 0.494 e. The van der Waals surface area contributed by atoms with E-state index in [1.54, 1.807) is 7.11 Å². The van der Waals surface area contributed by atoms with Crippen molar-refractivity contribution in [2.45, 2.75) is 19.3 Å². The van der Waals surface area contributed by atoms with Crippen LogP contribution >= 0.6 is 11.6 Å². The Morgan fingerprint density at radius 1 is 1.33 bits per heavy atom. The highest BCUT2D eigenvalue weighted by Gasteiger charge is 2.21. The van der Waals surface area contributed by atoms with Crippen molar-refractivity contribution in [3.05, 3.63) is 28.4 Å². The molecule has 94 valence electrons. The van der Waals surface area contributed by atoms with Crippen molar-refractivity contribution in [1.29, 1.82) is 0 Å². The normalized spacial score (nSPS) is 13.7. The van der Waals surface area contributed by atoms with Crippen LogP contribution in [0.25, 0.3) is 10.9 Å². The number of methoxy groups -OCH3 is 1. The second-order valence-corrected chi connectivity index (χ2v) is 4.90. The van der Waals surface area contributed by atoms with E-state index in [1.807, 2.05) is 19.2 Å². The predicted molar refractivity (Wildman–Crippen MR) is 74.9 cm³/mol. The number of pyridine rings is 1. The number of aromatic nitrogens is 1. The molecule has 1 N–H and O–H groups in total. The van der Waals surface area contributed by atoms with Gasteiger partial charge in [0.15, 0.2) is 0 Å². The Labute approximate surface area is 111 Å². The molecule has 0 unspecified atom stereocenters. The Kier molecular flexibility index (Phi) is 2.78. The second-order valence-electron chi connectivity index (χ2n) is 4.49. The number of halogens is 1. The first-order chi connectivity index (χ1) is 8.76. The number of nitrogens with zero attached hydrogens (tertiary/aromatic N) is 1. The fraction of sp³-hybridized carbons (Fsp3) is 0.357. The molecule has 1 heterocycles. The van der Waals surface area contributed by atoms with E-state index in [9.17, 15) is 0 Å². The zero-order valence-electron chi connectivity index (χ0n) is 10.5. The highest BCUT2D eigenvalue weighted by atomic mass is 35.5. The molecular weight excluding hydrogens is 248 g/mol. The maximum absolute atomic E-state index is 6.34. The summed E-state index contributed by atoms with van der Waals surface area (Å²) in [5, 5.41) is 4.97. The summed E-state index contributed by atoms with van der Waals surface area (Å²) in [6.07, 6.45) is 3.27. The van der Waals surface area contributed by atoms with E-state index in [-0.39, 0.29) is 0 Å². The number of fused-ring (bicyclic) bond motifs is 2. The van der Waals surface area contributed by atoms with E-state index in [2.05, 4.69) is 5.32 Å². The van der Waals surface area contributed by atoms with E-state index in [4.69, 9.17) is 21.3 Å². The van der Waals surface area contributed by atoms with Crippen LogP contribution in [-0.2, 0) is 12.8 Å². The van der Waals surface area contributed by atoms with Crippen LogP contribution in [0.2, 0.25) is 5.02 Å². The fourth-order valence-electron chi connectivity index (χ4n) is 2.74. The molecule has 1 aromatic heterocycles. The molecule has 0 spiro atoms. The van der Waals surface area contributed by atoms with Gasteiger partial charge >= 0.3 is 0 Å². The second kappa shape index (κ2) is 4.32. The summed E-state index contributed by atoms with van der Waals surface area (Å²) in [5.41, 5.74) is 4.44. The third kappa shape index (κ3) is 1.54. The van der Waals surface area contributed by atoms with Crippen LogP contribution in [0.4, 0.5) is 5.69 Å². The minimum Gasteiger partial charge on any atom is -0.494 e. The summed E-state index contributed by atoms with van der Waals surface area (Å²) in [4.78, 5) is 4.75. The summed E-state index contributed by atoms with van der Waals surface area (Å²) in [7, 11) is 3.60. The number of anilines is 1. The molecule has 0 atom stereocenters. The van der Waals surface area contributed by atoms with Crippen LogP contribution in [0, 0.1) is 0 Å². The first-order valence-corrected chi connectivity index (χ1v) is 6.49. The smallest absolute Gasteiger partial charge is 0.145 e. The Balaban J connectivity index is 2.45. The lowest BCUT2D eigenvalue weighted by molar-refractivity contribution is 0.419. The summed E-state index contributed by atoms with van der Waals surface area (Å²) < 4.78 is 5.39. The zero-order chi connectivity index (χ0) is 12.7. The standard InChI is InChI=1S/C14H15ClN2O/c1-16-13-8-4-3-5-10(8)17-14-11(18-2)7-6-9(15)12(13)14/h6-7H,3-5H2,1-2H3,(H,16,17). The Hall–Kier alpha value is -1.48. The predicted octanol–water partition coefficient (Wildman–Crippen LogP) is 3.43. The van der Waals surface area contributed by atoms with Gasteiger partial charge in [-0.15, -0.1) is 0 Å². The van der Waals surface area contributed by atoms with Crippen molar-refractivity contribution < 1.29 is 4.74 Å². The van der Waals surface area contributed by atoms with E-state index >= 15 is 0 Å². The summed E-state index contributed by atoms with van der Waals surface area (Å²) in [5.74, 6) is 0.778. The van der Waals surface area contributed by atoms with Crippen molar-refractivity contribution >= 4 is 28.2 Å². The van der Waals surface area contributed by atoms with Gasteiger partial charge in [-0.05, 0) is 37.0 Å². The molecule has 0 saturated carbocycles. The van der Waals surface area contributed by atoms with Gasteiger partial charge < -0.3 is 10.1 Å². The molecule has 0 radical (unpaired) electrons. The van der Waals surface area contributed by atoms with Crippen molar-refractivity contribution in [3.8, 4) is 5.75 Å². The van der Waals surface area contributed by atoms with Gasteiger partial charge in [0.25, 0.3) is 0 Å². The van der Waals surface area contributed by atoms with E-state index < -0.39 is 0 Å². The molecule has 1 aliphatic carbocycles. The minimum absolute atomic E-state index is 0.720. The molecule has 0 amide bonds. The number of hydrogen-bond acceptors (Lipinski definition) is 3. The Morgan fingerprint density at radius 2 is 2.17 bits per heavy atom. The van der Waals surface area contributed by atoms with Crippen LogP contribution in [-0.4, -0.2) is 19.1 Å². The number of ether oxygens (including phenoxy) is 1. The molecule has 0 saturated heterocycles. The molecule has 4 heteroatoms. The van der Waals surface area contributed by atoms with Gasteiger partial charge in [-0.3, -0.25) is 0 Å². The molecule has 0 aliphatic heterocycles. The quantitative estimate of drug-likeness (QED) is 0.900. The first-order valence-electron chi connectivity index (χ1n) is 6.12. The summed E-state index contributed by atoms with van der Waals surface area (Å²) in [6, 6.07) is 3.74. The van der Waals surface area contributed by atoms with E-state index in [0.717, 1.165) is 46.6 Å². The van der Waals surface area contributed by atoms with Crippen LogP contribution in [0.15, 0.2) is 12.1 Å². The highest BCUT2D eigenvalue weighted by Crippen LogP contribution is 2.40. The van der Waals surface area contributed by atoms with Crippen LogP contribution in [0.1, 0.15) is 17.7 Å². The van der Waals surface area contributed by atoms with Crippen LogP contribution < -0.4 is 10.1 Å². The van der Waals surface area contributed by atoms with Gasteiger partial charge in [0.05, 0.1) is 17.8 Å². The maximum atomic E-state index is 6.34. The van der Waals surface area contributed by atoms with Gasteiger partial charge in [0, 0.05) is 18.1 Å². The van der Waals surface area contributed by atoms with Crippen LogP contribution in [0.5, 0.6) is 5.75 Å². The Morgan fingerprint density at radius 3 is 2.89 bits per heavy atom. The molecule has 0 fully saturated rings. The third-order valence-electron chi connectivity index (χ3n) is 3.55. The lowest BCUT2D eigenvalue weighted by Crippen LogP contribution is -2.01. The van der Waals surface area contributed by atoms with Gasteiger partial charge in [0.2, 0.25) is 0 Å². The monoisotopic (exact) mass is 262 g/mol. The van der Waals surface area contributed by atoms with Crippen molar-refractivity contribution in [2.75, 3.05) is 19.5 Å². The van der Waals surface area contributed by atoms with Crippen molar-refractivity contribution in [3.63, 3.8) is 0 Å². The Bertz CT molecular complexity index is 625. The minimum atomic E-state index is 0.720. The number of aryl methyl sites for hydroxylation is 1. The summed E-state index contributed by atoms with van der Waals surface area (Å²) in [6.45, 7) is 0. The van der Waals surface area contributed by atoms with Gasteiger partial charge in [-0.2, -0.15) is 0 Å². The average Bonchev–Trinajstić information content (AvgIpc) is 2.84. The van der Waals surface area contributed by atoms with Gasteiger partial charge in [-0.1, -0.05) is 11.6 Å². The number of hydrogen-bond donors (Lipinski definition) is 1. The molecule has 18 heavy (non-hydrogen) atoms. The molecule has 3 nitrogen and oxygen atoms in total. The molecule has 3 rings (SSSR count). The van der Waals surface area contributed by atoms with Crippen molar-refractivity contribution in [2.24, 2.45) is 0 Å². The summed E-state index contributed by atoms with van der Waals surface area (Å²) >= 11 is 6.34. The zero-order valence-corrected chi connectivity index (χ0v) is 11.3. The molecule has 0 bridgehead atoms. The van der Waals surface area contributed by atoms with E-state index in [1.165, 1.54) is 11.3 Å². The molecule has 1 aromatic carbocycles. The van der Waals surface area contributed by atoms with Crippen molar-refractivity contribution in [1.82, 2.24) is 4.98 Å². The molecule has 1 aliphatic rings. The third-order valence-corrected chi connectivity index (χ3v) is 3.86. The number of nitrogens with one attached hydrogen (secondary N) is 1. The lowest BCUT2D eigenvalue weighted by atomic mass is 10.1. The number of benzene rings is 1. The topological polar surface area (TPSA) is 34.2 Å². The number of rotatable bonds is 2. The molecular formula is C14H15ClN2O. The molecule has 2 aromatic rings. The first kappa shape index (κ1) is 11.6. The fourth-order valence-corrected chi connectivity index (χ4v) is 2.99.